The topological polar surface area (TPSA) is 44.0 Å². The Morgan fingerprint density at radius 2 is 1.77 bits per heavy atom. The van der Waals surface area contributed by atoms with Crippen molar-refractivity contribution < 1.29 is 0 Å². The zero-order valence-corrected chi connectivity index (χ0v) is 18.2. The summed E-state index contributed by atoms with van der Waals surface area (Å²) in [4.78, 5) is 10.2. The Morgan fingerprint density at radius 3 is 2.57 bits per heavy atom. The van der Waals surface area contributed by atoms with Gasteiger partial charge in [-0.05, 0) is 67.9 Å². The van der Waals surface area contributed by atoms with E-state index >= 15 is 0 Å². The first-order valence-corrected chi connectivity index (χ1v) is 10.6. The third kappa shape index (κ3) is 4.52. The van der Waals surface area contributed by atoms with E-state index in [0.29, 0.717) is 11.7 Å². The smallest absolute Gasteiger partial charge is 0.173 e. The van der Waals surface area contributed by atoms with Crippen molar-refractivity contribution in [2.45, 2.75) is 26.8 Å². The number of thiocarbonyl (C=S) groups is 1. The molecule has 2 N–H and O–H groups in total. The Labute approximate surface area is 183 Å². The third-order valence-electron chi connectivity index (χ3n) is 5.41. The monoisotopic (exact) mass is 414 g/mol. The van der Waals surface area contributed by atoms with Gasteiger partial charge in [0.1, 0.15) is 0 Å². The van der Waals surface area contributed by atoms with E-state index in [0.717, 1.165) is 24.3 Å². The summed E-state index contributed by atoms with van der Waals surface area (Å²) in [7, 11) is 0. The van der Waals surface area contributed by atoms with Gasteiger partial charge in [-0.3, -0.25) is 4.98 Å². The van der Waals surface area contributed by atoms with E-state index in [1.54, 1.807) is 0 Å². The molecule has 4 rings (SSSR count). The van der Waals surface area contributed by atoms with E-state index in [4.69, 9.17) is 12.2 Å². The first-order valence-electron chi connectivity index (χ1n) is 10.2. The van der Waals surface area contributed by atoms with Crippen LogP contribution in [0.3, 0.4) is 0 Å². The molecule has 0 bridgehead atoms. The Hall–Kier alpha value is -3.18. The summed E-state index contributed by atoms with van der Waals surface area (Å²) in [6, 6.07) is 22.7. The predicted molar refractivity (Wildman–Crippen MR) is 129 cm³/mol. The summed E-state index contributed by atoms with van der Waals surface area (Å²) < 4.78 is 0. The molecule has 4 nitrogen and oxygen atoms in total. The number of H-pyrrole nitrogens is 1. The van der Waals surface area contributed by atoms with Gasteiger partial charge in [0.2, 0.25) is 0 Å². The fourth-order valence-electron chi connectivity index (χ4n) is 3.75. The van der Waals surface area contributed by atoms with Crippen molar-refractivity contribution in [3.05, 3.63) is 95.4 Å². The van der Waals surface area contributed by atoms with Crippen LogP contribution in [0.25, 0.3) is 10.9 Å². The van der Waals surface area contributed by atoms with Crippen LogP contribution in [0.5, 0.6) is 0 Å². The van der Waals surface area contributed by atoms with Crippen LogP contribution < -0.4 is 5.32 Å². The number of nitrogens with one attached hydrogen (secondary N) is 2. The Kier molecular flexibility index (Phi) is 6.10. The van der Waals surface area contributed by atoms with E-state index in [1.165, 1.54) is 27.7 Å². The van der Waals surface area contributed by atoms with E-state index in [2.05, 4.69) is 70.4 Å². The number of aryl methyl sites for hydroxylation is 2. The summed E-state index contributed by atoms with van der Waals surface area (Å²) >= 11 is 5.82. The van der Waals surface area contributed by atoms with Crippen LogP contribution in [0.2, 0.25) is 0 Å². The molecule has 2 aromatic heterocycles. The molecule has 0 aliphatic heterocycles. The number of hydrogen-bond acceptors (Lipinski definition) is 2. The lowest BCUT2D eigenvalue weighted by atomic mass is 10.1. The van der Waals surface area contributed by atoms with Crippen LogP contribution >= 0.6 is 12.2 Å². The van der Waals surface area contributed by atoms with Gasteiger partial charge in [-0.1, -0.05) is 42.5 Å². The summed E-state index contributed by atoms with van der Waals surface area (Å²) in [6.07, 6.45) is 2.73. The average Bonchev–Trinajstić information content (AvgIpc) is 3.08. The van der Waals surface area contributed by atoms with Gasteiger partial charge in [0, 0.05) is 35.0 Å². The number of benzene rings is 2. The minimum absolute atomic E-state index is 0.667. The highest BCUT2D eigenvalue weighted by atomic mass is 32.1. The molecule has 4 aromatic rings. The molecule has 0 saturated heterocycles. The zero-order valence-electron chi connectivity index (χ0n) is 17.4. The number of para-hydroxylation sites is 2. The number of fused-ring (bicyclic) bond motifs is 1. The maximum Gasteiger partial charge on any atom is 0.173 e. The van der Waals surface area contributed by atoms with Gasteiger partial charge >= 0.3 is 0 Å². The highest BCUT2D eigenvalue weighted by Gasteiger charge is 2.15. The van der Waals surface area contributed by atoms with E-state index in [-0.39, 0.29) is 0 Å². The maximum absolute atomic E-state index is 5.82. The van der Waals surface area contributed by atoms with Gasteiger partial charge < -0.3 is 15.2 Å². The summed E-state index contributed by atoms with van der Waals surface area (Å²) in [5.74, 6) is 0. The molecule has 0 amide bonds. The molecule has 0 atom stereocenters. The first-order chi connectivity index (χ1) is 14.6. The normalized spacial score (nSPS) is 10.9. The van der Waals surface area contributed by atoms with Crippen LogP contribution in [0.1, 0.15) is 22.5 Å². The molecule has 0 aliphatic carbocycles. The molecule has 0 fully saturated rings. The molecule has 0 saturated carbocycles. The van der Waals surface area contributed by atoms with Crippen LogP contribution in [0.4, 0.5) is 5.69 Å². The molecule has 5 heteroatoms. The summed E-state index contributed by atoms with van der Waals surface area (Å²) in [6.45, 7) is 5.70. The van der Waals surface area contributed by atoms with Gasteiger partial charge in [0.05, 0.1) is 12.2 Å². The predicted octanol–water partition coefficient (Wildman–Crippen LogP) is 5.62. The van der Waals surface area contributed by atoms with Crippen molar-refractivity contribution in [2.24, 2.45) is 0 Å². The number of nitrogens with zero attached hydrogens (tertiary/aromatic N) is 2. The van der Waals surface area contributed by atoms with Crippen molar-refractivity contribution in [1.29, 1.82) is 0 Å². The highest BCUT2D eigenvalue weighted by Crippen LogP contribution is 2.23. The highest BCUT2D eigenvalue weighted by molar-refractivity contribution is 7.80. The number of hydrogen-bond donors (Lipinski definition) is 2. The molecular weight excluding hydrogens is 388 g/mol. The lowest BCUT2D eigenvalue weighted by Crippen LogP contribution is -2.36. The Bertz CT molecular complexity index is 1150. The van der Waals surface area contributed by atoms with E-state index < -0.39 is 0 Å². The van der Waals surface area contributed by atoms with Crippen LogP contribution in [-0.4, -0.2) is 26.5 Å². The van der Waals surface area contributed by atoms with Gasteiger partial charge in [-0.15, -0.1) is 0 Å². The molecule has 0 aliphatic rings. The fraction of sp³-hybridized carbons (Fsp3) is 0.200. The van der Waals surface area contributed by atoms with E-state index in [9.17, 15) is 0 Å². The third-order valence-corrected chi connectivity index (χ3v) is 5.77. The standard InChI is InChI=1S/C25H26N4S/c1-18-9-3-5-12-23(18)28-25(30)29(17-20-10-7-8-15-26-20)16-14-21-19(2)27-24-13-6-4-11-22(21)24/h3-13,15,27H,14,16-17H2,1-2H3,(H,28,30). The van der Waals surface area contributed by atoms with Crippen LogP contribution in [0.15, 0.2) is 72.9 Å². The van der Waals surface area contributed by atoms with Crippen molar-refractivity contribution in [3.8, 4) is 0 Å². The Balaban J connectivity index is 1.56. The molecule has 0 radical (unpaired) electrons. The van der Waals surface area contributed by atoms with E-state index in [1.807, 2.05) is 36.5 Å². The van der Waals surface area contributed by atoms with Crippen molar-refractivity contribution in [3.63, 3.8) is 0 Å². The fourth-order valence-corrected chi connectivity index (χ4v) is 4.02. The molecular formula is C25H26N4S. The second-order valence-corrected chi connectivity index (χ2v) is 7.90. The van der Waals surface area contributed by atoms with Crippen LogP contribution in [0, 0.1) is 13.8 Å². The molecule has 152 valence electrons. The van der Waals surface area contributed by atoms with Gasteiger partial charge in [-0.25, -0.2) is 0 Å². The van der Waals surface area contributed by atoms with Crippen LogP contribution in [-0.2, 0) is 13.0 Å². The molecule has 2 heterocycles. The molecule has 0 unspecified atom stereocenters. The Morgan fingerprint density at radius 1 is 1.00 bits per heavy atom. The minimum Gasteiger partial charge on any atom is -0.358 e. The summed E-state index contributed by atoms with van der Waals surface area (Å²) in [5, 5.41) is 5.43. The van der Waals surface area contributed by atoms with Crippen molar-refractivity contribution in [1.82, 2.24) is 14.9 Å². The zero-order chi connectivity index (χ0) is 20.9. The second kappa shape index (κ2) is 9.09. The average molecular weight is 415 g/mol. The molecule has 2 aromatic carbocycles. The lowest BCUT2D eigenvalue weighted by molar-refractivity contribution is 0.417. The van der Waals surface area contributed by atoms with Crippen molar-refractivity contribution >= 4 is 33.9 Å². The van der Waals surface area contributed by atoms with Gasteiger partial charge in [-0.2, -0.15) is 0 Å². The number of pyridine rings is 1. The van der Waals surface area contributed by atoms with Gasteiger partial charge in [0.25, 0.3) is 0 Å². The molecule has 0 spiro atoms. The number of anilines is 1. The SMILES string of the molecule is Cc1ccccc1NC(=S)N(CCc1c(C)[nH]c2ccccc12)Cc1ccccn1. The van der Waals surface area contributed by atoms with Gasteiger partial charge in [0.15, 0.2) is 5.11 Å². The molecule has 30 heavy (non-hydrogen) atoms. The second-order valence-electron chi connectivity index (χ2n) is 7.51. The maximum atomic E-state index is 5.82. The number of aromatic nitrogens is 2. The number of aromatic amines is 1. The number of rotatable bonds is 6. The van der Waals surface area contributed by atoms with Crippen molar-refractivity contribution in [2.75, 3.05) is 11.9 Å². The quantitative estimate of drug-likeness (QED) is 0.402. The first kappa shape index (κ1) is 20.1. The summed E-state index contributed by atoms with van der Waals surface area (Å²) in [5.41, 5.74) is 6.95. The lowest BCUT2D eigenvalue weighted by Gasteiger charge is -2.26. The largest absolute Gasteiger partial charge is 0.358 e. The minimum atomic E-state index is 0.667.